The number of hydrogen-bond acceptors (Lipinski definition) is 10. The second kappa shape index (κ2) is 22.2. The van der Waals surface area contributed by atoms with Gasteiger partial charge in [0.05, 0.1) is 18.8 Å². The number of ether oxygens (including phenoxy) is 4. The molecule has 0 spiro atoms. The summed E-state index contributed by atoms with van der Waals surface area (Å²) < 4.78 is 31.7. The molecule has 354 valence electrons. The highest BCUT2D eigenvalue weighted by atomic mass is 16.6. The number of carbonyl (C=O) groups is 2. The Morgan fingerprint density at radius 1 is 0.721 bits per heavy atom. The third kappa shape index (κ3) is 11.5. The minimum absolute atomic E-state index is 0.0182. The van der Waals surface area contributed by atoms with E-state index in [9.17, 15) is 24.6 Å². The van der Waals surface area contributed by atoms with Crippen molar-refractivity contribution < 1.29 is 43.2 Å². The predicted octanol–water partition coefficient (Wildman–Crippen LogP) is 10.2. The standard InChI is InChI=1S/C58H62O10/c1-38(2)46-26-25-40-19-21-43(22-20-40)34-45(24-23-42-16-10-17-44(33-42)32-41-14-8-5-9-15-41)35-51(61)65-54-52-50(28-27-47-49(36-59)48(29-31-64-37-60)57(63)66-53(47)52)68-58(3,55(54)67-56(46)62)30-11-18-39-12-6-4-7-13-39/h4-10,12-17,19-22,27-28,33,45,54-55,59-60H,11,18,23-26,29-32,34-37H2,1-3H3/t45-,54-,55+,58+/m1/s1. The van der Waals surface area contributed by atoms with Crippen molar-refractivity contribution in [1.82, 2.24) is 0 Å². The van der Waals surface area contributed by atoms with Gasteiger partial charge in [-0.05, 0) is 136 Å². The molecule has 0 amide bonds. The Morgan fingerprint density at radius 2 is 1.43 bits per heavy atom. The molecule has 10 heteroatoms. The molecule has 0 unspecified atom stereocenters. The summed E-state index contributed by atoms with van der Waals surface area (Å²) in [6.45, 7) is 4.66. The molecule has 2 bridgehead atoms. The first-order valence-electron chi connectivity index (χ1n) is 23.9. The molecule has 10 nitrogen and oxygen atoms in total. The van der Waals surface area contributed by atoms with E-state index in [0.29, 0.717) is 60.8 Å². The lowest BCUT2D eigenvalue weighted by atomic mass is 9.81. The normalized spacial score (nSPS) is 19.7. The van der Waals surface area contributed by atoms with Gasteiger partial charge >= 0.3 is 17.6 Å². The van der Waals surface area contributed by atoms with Crippen LogP contribution in [0.25, 0.3) is 11.0 Å². The average Bonchev–Trinajstić information content (AvgIpc) is 3.33. The van der Waals surface area contributed by atoms with Gasteiger partial charge in [-0.3, -0.25) is 4.79 Å². The molecule has 4 atom stereocenters. The maximum Gasteiger partial charge on any atom is 0.339 e. The number of allylic oxidation sites excluding steroid dienone is 1. The molecule has 0 saturated carbocycles. The Morgan fingerprint density at radius 3 is 2.15 bits per heavy atom. The van der Waals surface area contributed by atoms with Gasteiger partial charge in [-0.2, -0.15) is 0 Å². The second-order valence-electron chi connectivity index (χ2n) is 18.7. The van der Waals surface area contributed by atoms with E-state index in [-0.39, 0.29) is 42.1 Å². The number of aliphatic hydroxyl groups excluding tert-OH is 2. The summed E-state index contributed by atoms with van der Waals surface area (Å²) in [6, 6.07) is 41.0. The zero-order valence-corrected chi connectivity index (χ0v) is 39.3. The minimum Gasteiger partial charge on any atom is -0.483 e. The maximum atomic E-state index is 14.9. The Balaban J connectivity index is 1.20. The molecule has 3 aliphatic rings. The van der Waals surface area contributed by atoms with Crippen molar-refractivity contribution in [1.29, 1.82) is 0 Å². The van der Waals surface area contributed by atoms with Gasteiger partial charge in [-0.25, -0.2) is 9.59 Å². The van der Waals surface area contributed by atoms with Crippen molar-refractivity contribution in [2.45, 2.75) is 116 Å². The lowest BCUT2D eigenvalue weighted by Crippen LogP contribution is -2.54. The molecule has 0 fully saturated rings. The van der Waals surface area contributed by atoms with Crippen molar-refractivity contribution in [2.24, 2.45) is 5.92 Å². The molecule has 4 heterocycles. The summed E-state index contributed by atoms with van der Waals surface area (Å²) in [6.07, 6.45) is 3.44. The summed E-state index contributed by atoms with van der Waals surface area (Å²) in [5.74, 6) is -0.845. The fourth-order valence-electron chi connectivity index (χ4n) is 9.96. The highest BCUT2D eigenvalue weighted by Gasteiger charge is 2.53. The summed E-state index contributed by atoms with van der Waals surface area (Å²) >= 11 is 0. The number of rotatable bonds is 14. The number of hydrogen-bond donors (Lipinski definition) is 2. The molecule has 0 saturated heterocycles. The predicted molar refractivity (Wildman–Crippen MR) is 261 cm³/mol. The summed E-state index contributed by atoms with van der Waals surface area (Å²) in [5.41, 5.74) is 7.19. The van der Waals surface area contributed by atoms with E-state index in [2.05, 4.69) is 84.9 Å². The van der Waals surface area contributed by atoms with E-state index >= 15 is 0 Å². The smallest absolute Gasteiger partial charge is 0.339 e. The first-order chi connectivity index (χ1) is 33.0. The van der Waals surface area contributed by atoms with E-state index in [1.807, 2.05) is 45.0 Å². The molecule has 3 aliphatic heterocycles. The molecule has 5 aromatic carbocycles. The van der Waals surface area contributed by atoms with Crippen LogP contribution in [0.4, 0.5) is 0 Å². The van der Waals surface area contributed by atoms with E-state index in [0.717, 1.165) is 41.5 Å². The fourth-order valence-corrected chi connectivity index (χ4v) is 9.96. The van der Waals surface area contributed by atoms with Crippen LogP contribution in [0.15, 0.2) is 142 Å². The van der Waals surface area contributed by atoms with Crippen LogP contribution in [0.5, 0.6) is 5.75 Å². The number of benzene rings is 5. The van der Waals surface area contributed by atoms with Gasteiger partial charge in [0.15, 0.2) is 12.2 Å². The van der Waals surface area contributed by atoms with Gasteiger partial charge in [-0.15, -0.1) is 0 Å². The van der Waals surface area contributed by atoms with Gasteiger partial charge < -0.3 is 33.6 Å². The number of esters is 2. The quantitative estimate of drug-likeness (QED) is 0.0357. The topological polar surface area (TPSA) is 142 Å². The van der Waals surface area contributed by atoms with Crippen LogP contribution >= 0.6 is 0 Å². The van der Waals surface area contributed by atoms with Crippen molar-refractivity contribution in [3.05, 3.63) is 193 Å². The Hall–Kier alpha value is -6.33. The highest BCUT2D eigenvalue weighted by molar-refractivity contribution is 5.90. The lowest BCUT2D eigenvalue weighted by molar-refractivity contribution is -0.192. The first-order valence-corrected chi connectivity index (χ1v) is 23.9. The van der Waals surface area contributed by atoms with Crippen molar-refractivity contribution in [3.63, 3.8) is 0 Å². The van der Waals surface area contributed by atoms with Crippen molar-refractivity contribution in [2.75, 3.05) is 13.4 Å². The summed E-state index contributed by atoms with van der Waals surface area (Å²) in [7, 11) is 0. The van der Waals surface area contributed by atoms with Crippen LogP contribution in [-0.4, -0.2) is 47.3 Å². The lowest BCUT2D eigenvalue weighted by Gasteiger charge is -2.45. The van der Waals surface area contributed by atoms with Crippen LogP contribution in [-0.2, 0) is 68.9 Å². The summed E-state index contributed by atoms with van der Waals surface area (Å²) in [5, 5.41) is 20.5. The second-order valence-corrected chi connectivity index (χ2v) is 18.7. The third-order valence-electron chi connectivity index (χ3n) is 13.6. The molecule has 0 radical (unpaired) electrons. The highest BCUT2D eigenvalue weighted by Crippen LogP contribution is 2.49. The van der Waals surface area contributed by atoms with Gasteiger partial charge in [0.2, 0.25) is 0 Å². The van der Waals surface area contributed by atoms with Crippen molar-refractivity contribution >= 4 is 22.9 Å². The molecular formula is C58H62O10. The summed E-state index contributed by atoms with van der Waals surface area (Å²) in [4.78, 5) is 43.5. The van der Waals surface area contributed by atoms with Gasteiger partial charge in [0, 0.05) is 29.4 Å². The van der Waals surface area contributed by atoms with E-state index < -0.39 is 48.8 Å². The third-order valence-corrected chi connectivity index (χ3v) is 13.6. The Kier molecular flexibility index (Phi) is 15.7. The maximum absolute atomic E-state index is 14.9. The molecule has 2 N–H and O–H groups in total. The zero-order valence-electron chi connectivity index (χ0n) is 39.3. The number of carbonyl (C=O) groups excluding carboxylic acids is 2. The van der Waals surface area contributed by atoms with Crippen LogP contribution in [0.3, 0.4) is 0 Å². The van der Waals surface area contributed by atoms with Crippen molar-refractivity contribution in [3.8, 4) is 5.75 Å². The monoisotopic (exact) mass is 918 g/mol. The number of fused-ring (bicyclic) bond motifs is 13. The zero-order chi connectivity index (χ0) is 47.6. The van der Waals surface area contributed by atoms with Crippen LogP contribution in [0.2, 0.25) is 0 Å². The van der Waals surface area contributed by atoms with Crippen LogP contribution in [0.1, 0.15) is 109 Å². The Labute approximate surface area is 398 Å². The Bertz CT molecular complexity index is 2770. The molecule has 0 aliphatic carbocycles. The molecule has 1 aromatic heterocycles. The van der Waals surface area contributed by atoms with Gasteiger partial charge in [-0.1, -0.05) is 115 Å². The number of aliphatic hydroxyl groups is 2. The molecular weight excluding hydrogens is 857 g/mol. The molecule has 9 rings (SSSR count). The van der Waals surface area contributed by atoms with Gasteiger partial charge in [0.1, 0.15) is 23.7 Å². The van der Waals surface area contributed by atoms with E-state index in [1.54, 1.807) is 12.1 Å². The van der Waals surface area contributed by atoms with Crippen LogP contribution < -0.4 is 10.4 Å². The minimum atomic E-state index is -1.27. The number of aryl methyl sites for hydroxylation is 3. The van der Waals surface area contributed by atoms with Gasteiger partial charge in [0.25, 0.3) is 0 Å². The molecule has 68 heavy (non-hydrogen) atoms. The fraction of sp³-hybridized carbons (Fsp3) is 0.362. The first kappa shape index (κ1) is 48.1. The SMILES string of the molecule is CC(C)=C1CCc2ccc(cc2)C[C@@H](CCc2cccc(Cc3ccccc3)c2)CC(=O)O[C@@H]2c3c(ccc4c(CO)c(CCOCO)c(=O)oc34)O[C@@](C)(CCCc3ccccc3)[C@H]2OC1=O. The largest absolute Gasteiger partial charge is 0.483 e. The van der Waals surface area contributed by atoms with Crippen LogP contribution in [0, 0.1) is 5.92 Å². The van der Waals surface area contributed by atoms with E-state index in [4.69, 9.17) is 23.4 Å². The van der Waals surface area contributed by atoms with E-state index in [1.165, 1.54) is 16.7 Å². The average molecular weight is 919 g/mol. The molecule has 6 aromatic rings.